The van der Waals surface area contributed by atoms with Crippen molar-refractivity contribution in [2.45, 2.75) is 51.6 Å². The first-order chi connectivity index (χ1) is 8.84. The zero-order valence-corrected chi connectivity index (χ0v) is 13.1. The molecule has 0 spiro atoms. The van der Waals surface area contributed by atoms with E-state index < -0.39 is 11.1 Å². The Hall–Kier alpha value is -0.710. The van der Waals surface area contributed by atoms with Crippen molar-refractivity contribution in [2.24, 2.45) is 5.92 Å². The summed E-state index contributed by atoms with van der Waals surface area (Å²) in [6, 6.07) is 0. The molecule has 2 rings (SSSR count). The van der Waals surface area contributed by atoms with Crippen LogP contribution in [-0.4, -0.2) is 45.8 Å². The molecule has 0 aromatic heterocycles. The summed E-state index contributed by atoms with van der Waals surface area (Å²) in [4.78, 5) is 26.9. The van der Waals surface area contributed by atoms with Gasteiger partial charge < -0.3 is 10.2 Å². The molecule has 2 fully saturated rings. The maximum absolute atomic E-state index is 12.8. The van der Waals surface area contributed by atoms with Crippen LogP contribution in [0.4, 0.5) is 0 Å². The quantitative estimate of drug-likeness (QED) is 0.781. The van der Waals surface area contributed by atoms with Crippen molar-refractivity contribution in [1.82, 2.24) is 10.2 Å². The van der Waals surface area contributed by atoms with Crippen molar-refractivity contribution in [2.75, 3.05) is 18.1 Å². The molecule has 1 heterocycles. The number of hydrogen-bond donors (Lipinski definition) is 1. The molecule has 1 unspecified atom stereocenters. The van der Waals surface area contributed by atoms with Gasteiger partial charge in [0.25, 0.3) is 0 Å². The lowest BCUT2D eigenvalue weighted by Gasteiger charge is -2.49. The molecule has 2 aliphatic rings. The van der Waals surface area contributed by atoms with Gasteiger partial charge in [-0.25, -0.2) is 0 Å². The Morgan fingerprint density at radius 2 is 1.95 bits per heavy atom. The highest BCUT2D eigenvalue weighted by molar-refractivity contribution is 7.99. The number of piperazine rings is 1. The summed E-state index contributed by atoms with van der Waals surface area (Å²) in [5, 5.41) is 2.98. The van der Waals surface area contributed by atoms with Gasteiger partial charge in [0, 0.05) is 12.3 Å². The zero-order chi connectivity index (χ0) is 14.3. The van der Waals surface area contributed by atoms with Crippen molar-refractivity contribution in [3.05, 3.63) is 0 Å². The molecule has 0 aromatic rings. The topological polar surface area (TPSA) is 49.4 Å². The Morgan fingerprint density at radius 1 is 1.32 bits per heavy atom. The monoisotopic (exact) mass is 284 g/mol. The Morgan fingerprint density at radius 3 is 2.47 bits per heavy atom. The summed E-state index contributed by atoms with van der Waals surface area (Å²) in [5.41, 5.74) is -1.41. The minimum atomic E-state index is -0.736. The lowest BCUT2D eigenvalue weighted by atomic mass is 9.85. The number of rotatable bonds is 5. The highest BCUT2D eigenvalue weighted by atomic mass is 32.2. The molecule has 19 heavy (non-hydrogen) atoms. The Labute approximate surface area is 119 Å². The molecule has 1 N–H and O–H groups in total. The fraction of sp³-hybridized carbons (Fsp3) is 0.857. The van der Waals surface area contributed by atoms with E-state index in [1.165, 1.54) is 0 Å². The van der Waals surface area contributed by atoms with Crippen LogP contribution in [0.1, 0.15) is 40.5 Å². The second kappa shape index (κ2) is 5.00. The minimum absolute atomic E-state index is 0.0250. The fourth-order valence-corrected chi connectivity index (χ4v) is 3.32. The van der Waals surface area contributed by atoms with Gasteiger partial charge in [0.2, 0.25) is 11.8 Å². The largest absolute Gasteiger partial charge is 0.340 e. The molecule has 0 aromatic carbocycles. The molecular weight excluding hydrogens is 260 g/mol. The normalized spacial score (nSPS) is 30.4. The molecule has 0 radical (unpaired) electrons. The van der Waals surface area contributed by atoms with Crippen LogP contribution in [0.15, 0.2) is 0 Å². The molecule has 1 saturated carbocycles. The third kappa shape index (κ3) is 2.49. The van der Waals surface area contributed by atoms with E-state index in [0.29, 0.717) is 12.5 Å². The van der Waals surface area contributed by atoms with E-state index in [0.717, 1.165) is 24.3 Å². The molecule has 0 bridgehead atoms. The molecule has 4 nitrogen and oxygen atoms in total. The van der Waals surface area contributed by atoms with E-state index in [9.17, 15) is 9.59 Å². The highest BCUT2D eigenvalue weighted by Crippen LogP contribution is 2.43. The lowest BCUT2D eigenvalue weighted by Crippen LogP contribution is -2.74. The van der Waals surface area contributed by atoms with Gasteiger partial charge in [-0.05, 0) is 45.3 Å². The molecule has 1 saturated heterocycles. The summed E-state index contributed by atoms with van der Waals surface area (Å²) in [7, 11) is 0. The molecular formula is C14H24N2O2S. The molecule has 1 aliphatic carbocycles. The summed E-state index contributed by atoms with van der Waals surface area (Å²) in [6.07, 6.45) is 2.08. The van der Waals surface area contributed by atoms with Crippen molar-refractivity contribution in [3.8, 4) is 0 Å². The van der Waals surface area contributed by atoms with Crippen LogP contribution in [0.25, 0.3) is 0 Å². The highest BCUT2D eigenvalue weighted by Gasteiger charge is 2.57. The van der Waals surface area contributed by atoms with Crippen LogP contribution in [-0.2, 0) is 9.59 Å². The summed E-state index contributed by atoms with van der Waals surface area (Å²) in [6.45, 7) is 8.32. The van der Waals surface area contributed by atoms with Crippen molar-refractivity contribution in [1.29, 1.82) is 0 Å². The number of thioether (sulfide) groups is 1. The molecule has 108 valence electrons. The van der Waals surface area contributed by atoms with Gasteiger partial charge in [-0.2, -0.15) is 11.8 Å². The molecule has 1 atom stereocenters. The standard InChI is InChI=1S/C14H24N2O2S/c1-5-19-9-8-16-12(18)14(4,10-6-7-10)15-11(17)13(16,2)3/h10H,5-9H2,1-4H3,(H,15,17). The SMILES string of the molecule is CCSCCN1C(=O)C(C)(C2CC2)NC(=O)C1(C)C. The lowest BCUT2D eigenvalue weighted by molar-refractivity contribution is -0.160. The second-order valence-electron chi connectivity index (χ2n) is 6.14. The van der Waals surface area contributed by atoms with Crippen LogP contribution in [0.5, 0.6) is 0 Å². The Balaban J connectivity index is 2.19. The predicted molar refractivity (Wildman–Crippen MR) is 78.1 cm³/mol. The van der Waals surface area contributed by atoms with E-state index >= 15 is 0 Å². The van der Waals surface area contributed by atoms with Crippen molar-refractivity contribution in [3.63, 3.8) is 0 Å². The average Bonchev–Trinajstić information content (AvgIpc) is 3.16. The second-order valence-corrected chi connectivity index (χ2v) is 7.54. The van der Waals surface area contributed by atoms with E-state index in [1.54, 1.807) is 16.7 Å². The fourth-order valence-electron chi connectivity index (χ4n) is 2.72. The average molecular weight is 284 g/mol. The summed E-state index contributed by atoms with van der Waals surface area (Å²) in [5.74, 6) is 2.31. The minimum Gasteiger partial charge on any atom is -0.340 e. The number of nitrogens with zero attached hydrogens (tertiary/aromatic N) is 1. The first-order valence-electron chi connectivity index (χ1n) is 7.06. The van der Waals surface area contributed by atoms with Gasteiger partial charge in [-0.1, -0.05) is 6.92 Å². The molecule has 5 heteroatoms. The van der Waals surface area contributed by atoms with Gasteiger partial charge in [0.15, 0.2) is 0 Å². The maximum atomic E-state index is 12.8. The maximum Gasteiger partial charge on any atom is 0.249 e. The van der Waals surface area contributed by atoms with Crippen molar-refractivity contribution < 1.29 is 9.59 Å². The van der Waals surface area contributed by atoms with E-state index in [1.807, 2.05) is 20.8 Å². The first kappa shape index (κ1) is 14.7. The first-order valence-corrected chi connectivity index (χ1v) is 8.22. The third-order valence-corrected chi connectivity index (χ3v) is 5.23. The number of hydrogen-bond acceptors (Lipinski definition) is 3. The van der Waals surface area contributed by atoms with Crippen LogP contribution in [0.2, 0.25) is 0 Å². The van der Waals surface area contributed by atoms with Crippen LogP contribution < -0.4 is 5.32 Å². The van der Waals surface area contributed by atoms with Crippen LogP contribution in [0.3, 0.4) is 0 Å². The third-order valence-electron chi connectivity index (χ3n) is 4.35. The van der Waals surface area contributed by atoms with E-state index in [4.69, 9.17) is 0 Å². The predicted octanol–water partition coefficient (Wildman–Crippen LogP) is 1.65. The van der Waals surface area contributed by atoms with Crippen LogP contribution in [0, 0.1) is 5.92 Å². The summed E-state index contributed by atoms with van der Waals surface area (Å²) >= 11 is 1.80. The van der Waals surface area contributed by atoms with Gasteiger partial charge in [-0.3, -0.25) is 9.59 Å². The Bertz CT molecular complexity index is 393. The summed E-state index contributed by atoms with van der Waals surface area (Å²) < 4.78 is 0. The zero-order valence-electron chi connectivity index (χ0n) is 12.3. The molecule has 1 aliphatic heterocycles. The number of carbonyl (C=O) groups excluding carboxylic acids is 2. The van der Waals surface area contributed by atoms with Gasteiger partial charge in [0.05, 0.1) is 0 Å². The molecule has 2 amide bonds. The van der Waals surface area contributed by atoms with Gasteiger partial charge in [-0.15, -0.1) is 0 Å². The van der Waals surface area contributed by atoms with Crippen LogP contribution >= 0.6 is 11.8 Å². The smallest absolute Gasteiger partial charge is 0.249 e. The van der Waals surface area contributed by atoms with E-state index in [-0.39, 0.29) is 11.8 Å². The van der Waals surface area contributed by atoms with Crippen molar-refractivity contribution >= 4 is 23.6 Å². The number of nitrogens with one attached hydrogen (secondary N) is 1. The van der Waals surface area contributed by atoms with E-state index in [2.05, 4.69) is 12.2 Å². The number of carbonyl (C=O) groups is 2. The number of amides is 2. The van der Waals surface area contributed by atoms with Gasteiger partial charge >= 0.3 is 0 Å². The Kier molecular flexibility index (Phi) is 3.87. The van der Waals surface area contributed by atoms with Gasteiger partial charge in [0.1, 0.15) is 11.1 Å².